The molecule has 0 spiro atoms. The molecule has 2 aromatic rings. The summed E-state index contributed by atoms with van der Waals surface area (Å²) >= 11 is 3.26. The van der Waals surface area contributed by atoms with Crippen LogP contribution >= 0.6 is 15.9 Å². The van der Waals surface area contributed by atoms with E-state index in [1.54, 1.807) is 24.3 Å². The summed E-state index contributed by atoms with van der Waals surface area (Å²) < 4.78 is 6.19. The summed E-state index contributed by atoms with van der Waals surface area (Å²) in [5, 5.41) is 1.18. The lowest BCUT2D eigenvalue weighted by Gasteiger charge is -2.03. The summed E-state index contributed by atoms with van der Waals surface area (Å²) in [6.45, 7) is 0.372. The molecule has 0 saturated heterocycles. The Balaban J connectivity index is 2.66. The van der Waals surface area contributed by atoms with Gasteiger partial charge in [-0.25, -0.2) is 9.36 Å². The van der Waals surface area contributed by atoms with Crippen molar-refractivity contribution in [2.45, 2.75) is 13.0 Å². The molecule has 84 valence electrons. The third kappa shape index (κ3) is 1.95. The highest BCUT2D eigenvalue weighted by atomic mass is 79.9. The lowest BCUT2D eigenvalue weighted by Crippen LogP contribution is -2.32. The van der Waals surface area contributed by atoms with Crippen molar-refractivity contribution >= 4 is 26.9 Å². The highest BCUT2D eigenvalue weighted by Crippen LogP contribution is 2.05. The molecule has 16 heavy (non-hydrogen) atoms. The quantitative estimate of drug-likeness (QED) is 0.807. The molecule has 0 aliphatic heterocycles. The van der Waals surface area contributed by atoms with Crippen LogP contribution in [-0.4, -0.2) is 9.90 Å². The fourth-order valence-electron chi connectivity index (χ4n) is 1.52. The lowest BCUT2D eigenvalue weighted by atomic mass is 10.2. The third-order valence-electron chi connectivity index (χ3n) is 2.30. The topological polar surface area (TPSA) is 52.2 Å². The maximum Gasteiger partial charge on any atom is 0.422 e. The van der Waals surface area contributed by atoms with Crippen LogP contribution in [0.15, 0.2) is 38.3 Å². The van der Waals surface area contributed by atoms with Crippen molar-refractivity contribution in [2.75, 3.05) is 5.33 Å². The predicted molar refractivity (Wildman–Crippen MR) is 65.2 cm³/mol. The van der Waals surface area contributed by atoms with Gasteiger partial charge in [-0.3, -0.25) is 4.79 Å². The second-order valence-electron chi connectivity index (χ2n) is 3.36. The molecule has 0 aliphatic rings. The van der Waals surface area contributed by atoms with Gasteiger partial charge >= 0.3 is 5.76 Å². The number of alkyl halides is 1. The zero-order valence-electron chi connectivity index (χ0n) is 8.48. The Bertz CT molecular complexity index is 614. The van der Waals surface area contributed by atoms with E-state index < -0.39 is 5.76 Å². The van der Waals surface area contributed by atoms with Gasteiger partial charge < -0.3 is 4.42 Å². The van der Waals surface area contributed by atoms with Crippen LogP contribution in [0.4, 0.5) is 0 Å². The molecular weight excluding hydrogens is 274 g/mol. The minimum absolute atomic E-state index is 0.284. The van der Waals surface area contributed by atoms with E-state index in [-0.39, 0.29) is 5.56 Å². The molecule has 2 rings (SSSR count). The van der Waals surface area contributed by atoms with E-state index in [2.05, 4.69) is 15.9 Å². The summed E-state index contributed by atoms with van der Waals surface area (Å²) in [6.07, 6.45) is 0.711. The normalized spacial score (nSPS) is 10.8. The van der Waals surface area contributed by atoms with Gasteiger partial charge in [-0.1, -0.05) is 28.1 Å². The Morgan fingerprint density at radius 1 is 1.25 bits per heavy atom. The van der Waals surface area contributed by atoms with Crippen LogP contribution in [0.5, 0.6) is 0 Å². The summed E-state index contributed by atoms with van der Waals surface area (Å²) in [4.78, 5) is 23.5. The summed E-state index contributed by atoms with van der Waals surface area (Å²) in [5.41, 5.74) is 0.0559. The van der Waals surface area contributed by atoms with Gasteiger partial charge in [-0.2, -0.15) is 0 Å². The molecule has 0 saturated carbocycles. The van der Waals surface area contributed by atoms with Gasteiger partial charge in [-0.15, -0.1) is 0 Å². The van der Waals surface area contributed by atoms with Crippen molar-refractivity contribution < 1.29 is 4.42 Å². The Labute approximate surface area is 99.6 Å². The number of halogens is 1. The Kier molecular flexibility index (Phi) is 3.24. The lowest BCUT2D eigenvalue weighted by molar-refractivity contribution is 0.454. The van der Waals surface area contributed by atoms with Crippen molar-refractivity contribution in [1.29, 1.82) is 0 Å². The minimum atomic E-state index is -0.593. The predicted octanol–water partition coefficient (Wildman–Crippen LogP) is 1.74. The maximum absolute atomic E-state index is 11.9. The molecule has 0 bridgehead atoms. The Morgan fingerprint density at radius 2 is 2.00 bits per heavy atom. The first-order valence-corrected chi connectivity index (χ1v) is 6.05. The molecule has 1 aromatic carbocycles. The van der Waals surface area contributed by atoms with Gasteiger partial charge in [-0.05, 0) is 18.6 Å². The zero-order valence-corrected chi connectivity index (χ0v) is 10.1. The SMILES string of the molecule is O=c1oc2ccccc2c(=O)n1CCCBr. The van der Waals surface area contributed by atoms with E-state index in [1.807, 2.05) is 0 Å². The molecule has 0 fully saturated rings. The summed E-state index contributed by atoms with van der Waals surface area (Å²) in [6, 6.07) is 6.75. The molecule has 0 radical (unpaired) electrons. The maximum atomic E-state index is 11.9. The molecule has 1 heterocycles. The standard InChI is InChI=1S/C11H10BrNO3/c12-6-3-7-13-10(14)8-4-1-2-5-9(8)16-11(13)15/h1-2,4-5H,3,6-7H2. The fourth-order valence-corrected chi connectivity index (χ4v) is 1.77. The van der Waals surface area contributed by atoms with Crippen LogP contribution in [0.2, 0.25) is 0 Å². The first-order chi connectivity index (χ1) is 7.74. The molecule has 0 aliphatic carbocycles. The number of hydrogen-bond acceptors (Lipinski definition) is 3. The fraction of sp³-hybridized carbons (Fsp3) is 0.273. The van der Waals surface area contributed by atoms with Crippen molar-refractivity contribution in [2.24, 2.45) is 0 Å². The molecule has 0 amide bonds. The van der Waals surface area contributed by atoms with E-state index in [0.29, 0.717) is 23.9 Å². The highest BCUT2D eigenvalue weighted by molar-refractivity contribution is 9.09. The number of rotatable bonds is 3. The van der Waals surface area contributed by atoms with E-state index in [0.717, 1.165) is 9.90 Å². The molecule has 0 atom stereocenters. The number of para-hydroxylation sites is 1. The number of nitrogens with zero attached hydrogens (tertiary/aromatic N) is 1. The first-order valence-electron chi connectivity index (χ1n) is 4.92. The van der Waals surface area contributed by atoms with Crippen LogP contribution in [-0.2, 0) is 6.54 Å². The van der Waals surface area contributed by atoms with Gasteiger partial charge in [0.1, 0.15) is 5.58 Å². The van der Waals surface area contributed by atoms with Crippen molar-refractivity contribution in [1.82, 2.24) is 4.57 Å². The minimum Gasteiger partial charge on any atom is -0.409 e. The second-order valence-corrected chi connectivity index (χ2v) is 4.16. The molecule has 0 unspecified atom stereocenters. The van der Waals surface area contributed by atoms with Gasteiger partial charge in [0.15, 0.2) is 0 Å². The van der Waals surface area contributed by atoms with Crippen LogP contribution in [0, 0.1) is 0 Å². The average molecular weight is 284 g/mol. The first kappa shape index (κ1) is 11.1. The number of aromatic nitrogens is 1. The zero-order chi connectivity index (χ0) is 11.5. The monoisotopic (exact) mass is 283 g/mol. The summed E-state index contributed by atoms with van der Waals surface area (Å²) in [7, 11) is 0. The molecule has 5 heteroatoms. The van der Waals surface area contributed by atoms with E-state index in [1.165, 1.54) is 0 Å². The van der Waals surface area contributed by atoms with E-state index in [9.17, 15) is 9.59 Å². The van der Waals surface area contributed by atoms with Crippen LogP contribution in [0.1, 0.15) is 6.42 Å². The van der Waals surface area contributed by atoms with Crippen molar-refractivity contribution in [3.8, 4) is 0 Å². The van der Waals surface area contributed by atoms with Gasteiger partial charge in [0.2, 0.25) is 0 Å². The molecular formula is C11H10BrNO3. The van der Waals surface area contributed by atoms with Gasteiger partial charge in [0, 0.05) is 11.9 Å². The largest absolute Gasteiger partial charge is 0.422 e. The van der Waals surface area contributed by atoms with Gasteiger partial charge in [0.05, 0.1) is 5.39 Å². The highest BCUT2D eigenvalue weighted by Gasteiger charge is 2.07. The van der Waals surface area contributed by atoms with Crippen molar-refractivity contribution in [3.63, 3.8) is 0 Å². The van der Waals surface area contributed by atoms with E-state index >= 15 is 0 Å². The van der Waals surface area contributed by atoms with Gasteiger partial charge in [0.25, 0.3) is 5.56 Å². The molecule has 4 nitrogen and oxygen atoms in total. The Morgan fingerprint density at radius 3 is 2.75 bits per heavy atom. The van der Waals surface area contributed by atoms with Crippen molar-refractivity contribution in [3.05, 3.63) is 45.2 Å². The van der Waals surface area contributed by atoms with Crippen LogP contribution < -0.4 is 11.3 Å². The van der Waals surface area contributed by atoms with Crippen LogP contribution in [0.25, 0.3) is 11.0 Å². The number of hydrogen-bond donors (Lipinski definition) is 0. The smallest absolute Gasteiger partial charge is 0.409 e. The third-order valence-corrected chi connectivity index (χ3v) is 2.86. The Hall–Kier alpha value is -1.36. The number of benzene rings is 1. The average Bonchev–Trinajstić information content (AvgIpc) is 2.29. The molecule has 0 N–H and O–H groups in total. The summed E-state index contributed by atoms with van der Waals surface area (Å²) in [5.74, 6) is -0.593. The second kappa shape index (κ2) is 4.65. The number of fused-ring (bicyclic) bond motifs is 1. The van der Waals surface area contributed by atoms with Crippen LogP contribution in [0.3, 0.4) is 0 Å². The van der Waals surface area contributed by atoms with E-state index in [4.69, 9.17) is 4.42 Å². The molecule has 1 aromatic heterocycles.